The Hall–Kier alpha value is -2.17. The molecule has 0 aliphatic carbocycles. The quantitative estimate of drug-likeness (QED) is 0.788. The van der Waals surface area contributed by atoms with Crippen LogP contribution < -0.4 is 5.32 Å². The number of benzene rings is 2. The second kappa shape index (κ2) is 9.32. The largest absolute Gasteiger partial charge is 0.381 e. The molecular weight excluding hydrogens is 374 g/mol. The zero-order valence-corrected chi connectivity index (χ0v) is 18.2. The fraction of sp³-hybridized carbons (Fsp3) is 0.500. The fourth-order valence-corrected chi connectivity index (χ4v) is 4.79. The van der Waals surface area contributed by atoms with Gasteiger partial charge in [-0.1, -0.05) is 53.6 Å². The molecule has 2 heterocycles. The molecule has 2 aromatic carbocycles. The van der Waals surface area contributed by atoms with Crippen molar-refractivity contribution in [1.29, 1.82) is 0 Å². The lowest BCUT2D eigenvalue weighted by Gasteiger charge is -2.37. The highest BCUT2D eigenvalue weighted by Gasteiger charge is 2.41. The first-order chi connectivity index (χ1) is 14.5. The lowest BCUT2D eigenvalue weighted by atomic mass is 9.74. The number of hydrogen-bond donors (Lipinski definition) is 1. The van der Waals surface area contributed by atoms with Gasteiger partial charge in [-0.05, 0) is 62.6 Å². The van der Waals surface area contributed by atoms with Gasteiger partial charge in [0.05, 0.1) is 18.1 Å². The number of aryl methyl sites for hydroxylation is 2. The van der Waals surface area contributed by atoms with Crippen LogP contribution in [-0.4, -0.2) is 38.4 Å². The smallest absolute Gasteiger partial charge is 0.227 e. The molecule has 1 atom stereocenters. The van der Waals surface area contributed by atoms with Gasteiger partial charge in [0, 0.05) is 19.8 Å². The zero-order chi connectivity index (χ0) is 21.0. The van der Waals surface area contributed by atoms with Gasteiger partial charge in [0.25, 0.3) is 0 Å². The Morgan fingerprint density at radius 1 is 0.967 bits per heavy atom. The summed E-state index contributed by atoms with van der Waals surface area (Å²) >= 11 is 0. The van der Waals surface area contributed by atoms with Crippen molar-refractivity contribution < 1.29 is 14.3 Å². The van der Waals surface area contributed by atoms with Gasteiger partial charge in [0.2, 0.25) is 5.91 Å². The summed E-state index contributed by atoms with van der Waals surface area (Å²) in [7, 11) is 0. The molecule has 0 saturated carbocycles. The van der Waals surface area contributed by atoms with E-state index in [-0.39, 0.29) is 11.9 Å². The van der Waals surface area contributed by atoms with E-state index in [0.717, 1.165) is 38.7 Å². The fourth-order valence-electron chi connectivity index (χ4n) is 4.79. The molecule has 0 bridgehead atoms. The van der Waals surface area contributed by atoms with E-state index in [4.69, 9.17) is 9.47 Å². The molecule has 160 valence electrons. The van der Waals surface area contributed by atoms with E-state index in [0.29, 0.717) is 19.8 Å². The molecule has 0 aromatic heterocycles. The van der Waals surface area contributed by atoms with Crippen LogP contribution in [0.4, 0.5) is 0 Å². The van der Waals surface area contributed by atoms with Crippen LogP contribution in [0.3, 0.4) is 0 Å². The third-order valence-corrected chi connectivity index (χ3v) is 6.48. The van der Waals surface area contributed by atoms with Crippen LogP contribution in [0.2, 0.25) is 0 Å². The maximum absolute atomic E-state index is 13.3. The normalized spacial score (nSPS) is 21.2. The van der Waals surface area contributed by atoms with E-state index in [1.54, 1.807) is 0 Å². The van der Waals surface area contributed by atoms with Gasteiger partial charge >= 0.3 is 0 Å². The van der Waals surface area contributed by atoms with Crippen LogP contribution >= 0.6 is 0 Å². The standard InChI is InChI=1S/C26H33NO3/c1-19-14-20(2)16-23(15-19)22-7-5-21(6-8-22)17-26(9-12-29-13-10-26)25(28)27-24-4-3-11-30-18-24/h5-8,14-16,24H,3-4,9-13,17-18H2,1-2H3,(H,27,28)/t24-/m0/s1. The van der Waals surface area contributed by atoms with Crippen molar-refractivity contribution >= 4 is 5.91 Å². The number of amides is 1. The minimum absolute atomic E-state index is 0.137. The van der Waals surface area contributed by atoms with E-state index in [9.17, 15) is 4.79 Å². The number of carbonyl (C=O) groups is 1. The van der Waals surface area contributed by atoms with Crippen LogP contribution in [0.15, 0.2) is 42.5 Å². The van der Waals surface area contributed by atoms with E-state index in [2.05, 4.69) is 61.6 Å². The molecule has 4 rings (SSSR count). The van der Waals surface area contributed by atoms with Gasteiger partial charge in [0.1, 0.15) is 0 Å². The van der Waals surface area contributed by atoms with Crippen LogP contribution in [0.25, 0.3) is 11.1 Å². The molecule has 4 nitrogen and oxygen atoms in total. The molecule has 30 heavy (non-hydrogen) atoms. The Kier molecular flexibility index (Phi) is 6.55. The van der Waals surface area contributed by atoms with Crippen molar-refractivity contribution in [2.24, 2.45) is 5.41 Å². The summed E-state index contributed by atoms with van der Waals surface area (Å²) in [5.74, 6) is 0.166. The van der Waals surface area contributed by atoms with Crippen LogP contribution in [0.5, 0.6) is 0 Å². The van der Waals surface area contributed by atoms with Crippen molar-refractivity contribution in [2.75, 3.05) is 26.4 Å². The number of ether oxygens (including phenoxy) is 2. The highest BCUT2D eigenvalue weighted by Crippen LogP contribution is 2.36. The minimum Gasteiger partial charge on any atom is -0.381 e. The molecule has 0 spiro atoms. The minimum atomic E-state index is -0.392. The third kappa shape index (κ3) is 4.93. The Balaban J connectivity index is 1.50. The number of hydrogen-bond acceptors (Lipinski definition) is 3. The molecule has 1 amide bonds. The summed E-state index contributed by atoms with van der Waals surface area (Å²) in [5, 5.41) is 3.28. The number of nitrogens with one attached hydrogen (secondary N) is 1. The summed E-state index contributed by atoms with van der Waals surface area (Å²) < 4.78 is 11.2. The van der Waals surface area contributed by atoms with Gasteiger partial charge in [-0.2, -0.15) is 0 Å². The van der Waals surface area contributed by atoms with Crippen molar-refractivity contribution in [2.45, 2.75) is 52.0 Å². The topological polar surface area (TPSA) is 47.6 Å². The summed E-state index contributed by atoms with van der Waals surface area (Å²) in [5.41, 5.74) is 5.83. The van der Waals surface area contributed by atoms with Gasteiger partial charge in [-0.15, -0.1) is 0 Å². The van der Waals surface area contributed by atoms with Crippen molar-refractivity contribution in [1.82, 2.24) is 5.32 Å². The molecule has 2 fully saturated rings. The highest BCUT2D eigenvalue weighted by molar-refractivity contribution is 5.83. The van der Waals surface area contributed by atoms with Crippen molar-refractivity contribution in [3.63, 3.8) is 0 Å². The van der Waals surface area contributed by atoms with E-state index >= 15 is 0 Å². The first kappa shape index (κ1) is 21.1. The molecule has 1 N–H and O–H groups in total. The van der Waals surface area contributed by atoms with Crippen molar-refractivity contribution in [3.8, 4) is 11.1 Å². The predicted molar refractivity (Wildman–Crippen MR) is 120 cm³/mol. The van der Waals surface area contributed by atoms with E-state index in [1.165, 1.54) is 27.8 Å². The Bertz CT molecular complexity index is 842. The van der Waals surface area contributed by atoms with Crippen molar-refractivity contribution in [3.05, 3.63) is 59.2 Å². The van der Waals surface area contributed by atoms with Gasteiger partial charge in [-0.25, -0.2) is 0 Å². The average molecular weight is 408 g/mol. The van der Waals surface area contributed by atoms with Gasteiger partial charge < -0.3 is 14.8 Å². The molecule has 4 heteroatoms. The molecule has 0 radical (unpaired) electrons. The molecule has 2 aliphatic rings. The summed E-state index contributed by atoms with van der Waals surface area (Å²) in [4.78, 5) is 13.3. The molecule has 0 unspecified atom stereocenters. The van der Waals surface area contributed by atoms with Gasteiger partial charge in [-0.3, -0.25) is 4.79 Å². The van der Waals surface area contributed by atoms with E-state index < -0.39 is 5.41 Å². The van der Waals surface area contributed by atoms with Crippen LogP contribution in [0, 0.1) is 19.3 Å². The maximum Gasteiger partial charge on any atom is 0.227 e. The third-order valence-electron chi connectivity index (χ3n) is 6.48. The average Bonchev–Trinajstić information content (AvgIpc) is 2.75. The number of rotatable bonds is 5. The van der Waals surface area contributed by atoms with Crippen LogP contribution in [-0.2, 0) is 20.7 Å². The molecular formula is C26H33NO3. The van der Waals surface area contributed by atoms with E-state index in [1.807, 2.05) is 0 Å². The first-order valence-corrected chi connectivity index (χ1v) is 11.2. The Morgan fingerprint density at radius 3 is 2.30 bits per heavy atom. The predicted octanol–water partition coefficient (Wildman–Crippen LogP) is 4.60. The molecule has 2 saturated heterocycles. The molecule has 2 aromatic rings. The second-order valence-corrected chi connectivity index (χ2v) is 9.03. The van der Waals surface area contributed by atoms with Gasteiger partial charge in [0.15, 0.2) is 0 Å². The summed E-state index contributed by atoms with van der Waals surface area (Å²) in [6.07, 6.45) is 4.31. The summed E-state index contributed by atoms with van der Waals surface area (Å²) in [6, 6.07) is 15.5. The SMILES string of the molecule is Cc1cc(C)cc(-c2ccc(CC3(C(=O)N[C@H]4CCCOC4)CCOCC3)cc2)c1. The lowest BCUT2D eigenvalue weighted by molar-refractivity contribution is -0.138. The monoisotopic (exact) mass is 407 g/mol. The maximum atomic E-state index is 13.3. The lowest BCUT2D eigenvalue weighted by Crippen LogP contribution is -2.51. The van der Waals surface area contributed by atoms with Crippen LogP contribution in [0.1, 0.15) is 42.4 Å². The highest BCUT2D eigenvalue weighted by atomic mass is 16.5. The number of carbonyl (C=O) groups excluding carboxylic acids is 1. The zero-order valence-electron chi connectivity index (χ0n) is 18.2. The Labute approximate surface area is 180 Å². The first-order valence-electron chi connectivity index (χ1n) is 11.2. The second-order valence-electron chi connectivity index (χ2n) is 9.03. The Morgan fingerprint density at radius 2 is 1.67 bits per heavy atom. The summed E-state index contributed by atoms with van der Waals surface area (Å²) in [6.45, 7) is 7.00. The molecule has 2 aliphatic heterocycles.